The Hall–Kier alpha value is -4.05. The number of methoxy groups -OCH3 is 1. The number of nitrogens with zero attached hydrogens (tertiary/aromatic N) is 2. The number of nitrogens with one attached hydrogen (secondary N) is 2. The van der Waals surface area contributed by atoms with Crippen LogP contribution in [-0.2, 0) is 32.1 Å². The number of hydrogen-bond acceptors (Lipinski definition) is 8. The number of para-hydroxylation sites is 2. The molecule has 0 saturated heterocycles. The normalized spacial score (nSPS) is 12.4. The van der Waals surface area contributed by atoms with E-state index in [1.807, 2.05) is 48.5 Å². The van der Waals surface area contributed by atoms with E-state index >= 15 is 0 Å². The highest BCUT2D eigenvalue weighted by atomic mass is 16.5. The standard InChI is InChI=1S/C24H26N4O6/c1-33-23(31)21(11-17-13-25-19-9-5-6-10-20(19)27-17)28-22(30)12-18(29)14-26-24(32)34-15-16-7-3-2-4-8-16/h2-10,13,18,21,29H,11-12,14-15H2,1H3,(H,26,32)(H,28,30)/t18-,21-/m0/s1. The Bertz CT molecular complexity index is 1120. The van der Waals surface area contributed by atoms with E-state index in [1.165, 1.54) is 13.3 Å². The van der Waals surface area contributed by atoms with Crippen LogP contribution in [0.1, 0.15) is 17.7 Å². The van der Waals surface area contributed by atoms with Gasteiger partial charge >= 0.3 is 12.1 Å². The zero-order valence-corrected chi connectivity index (χ0v) is 18.6. The topological polar surface area (TPSA) is 140 Å². The monoisotopic (exact) mass is 466 g/mol. The molecule has 0 saturated carbocycles. The maximum atomic E-state index is 12.4. The van der Waals surface area contributed by atoms with Crippen LogP contribution in [-0.4, -0.2) is 58.8 Å². The molecule has 0 radical (unpaired) electrons. The summed E-state index contributed by atoms with van der Waals surface area (Å²) in [6, 6.07) is 15.4. The van der Waals surface area contributed by atoms with Gasteiger partial charge in [-0.05, 0) is 17.7 Å². The maximum absolute atomic E-state index is 12.4. The van der Waals surface area contributed by atoms with Gasteiger partial charge in [0, 0.05) is 19.2 Å². The highest BCUT2D eigenvalue weighted by Crippen LogP contribution is 2.10. The van der Waals surface area contributed by atoms with Gasteiger partial charge in [0.1, 0.15) is 12.6 Å². The van der Waals surface area contributed by atoms with E-state index < -0.39 is 30.1 Å². The third-order valence-electron chi connectivity index (χ3n) is 4.85. The van der Waals surface area contributed by atoms with Crippen molar-refractivity contribution in [2.45, 2.75) is 31.6 Å². The first-order valence-corrected chi connectivity index (χ1v) is 10.6. The van der Waals surface area contributed by atoms with Crippen LogP contribution in [0.5, 0.6) is 0 Å². The van der Waals surface area contributed by atoms with E-state index in [1.54, 1.807) is 6.07 Å². The number of benzene rings is 2. The van der Waals surface area contributed by atoms with Gasteiger partial charge in [-0.1, -0.05) is 42.5 Å². The molecular weight excluding hydrogens is 440 g/mol. The minimum absolute atomic E-state index is 0.0659. The van der Waals surface area contributed by atoms with Gasteiger partial charge in [0.2, 0.25) is 5.91 Å². The Morgan fingerprint density at radius 2 is 1.74 bits per heavy atom. The van der Waals surface area contributed by atoms with Crippen molar-refractivity contribution in [2.24, 2.45) is 0 Å². The minimum Gasteiger partial charge on any atom is -0.467 e. The summed E-state index contributed by atoms with van der Waals surface area (Å²) in [6.45, 7) is -0.109. The Morgan fingerprint density at radius 3 is 2.47 bits per heavy atom. The first-order valence-electron chi connectivity index (χ1n) is 10.6. The lowest BCUT2D eigenvalue weighted by Gasteiger charge is -2.18. The van der Waals surface area contributed by atoms with Crippen LogP contribution in [0.2, 0.25) is 0 Å². The fourth-order valence-electron chi connectivity index (χ4n) is 3.15. The fourth-order valence-corrected chi connectivity index (χ4v) is 3.15. The summed E-state index contributed by atoms with van der Waals surface area (Å²) >= 11 is 0. The molecule has 0 aliphatic heterocycles. The highest BCUT2D eigenvalue weighted by Gasteiger charge is 2.24. The van der Waals surface area contributed by atoms with Crippen LogP contribution in [0.25, 0.3) is 11.0 Å². The van der Waals surface area contributed by atoms with Gasteiger partial charge in [-0.3, -0.25) is 9.78 Å². The zero-order chi connectivity index (χ0) is 24.3. The second kappa shape index (κ2) is 12.3. The van der Waals surface area contributed by atoms with Crippen LogP contribution in [0, 0.1) is 0 Å². The smallest absolute Gasteiger partial charge is 0.407 e. The van der Waals surface area contributed by atoms with Crippen molar-refractivity contribution in [2.75, 3.05) is 13.7 Å². The highest BCUT2D eigenvalue weighted by molar-refractivity contribution is 5.85. The molecule has 3 aromatic rings. The second-order valence-corrected chi connectivity index (χ2v) is 7.50. The largest absolute Gasteiger partial charge is 0.467 e. The Balaban J connectivity index is 1.47. The summed E-state index contributed by atoms with van der Waals surface area (Å²) in [5.41, 5.74) is 2.69. The van der Waals surface area contributed by atoms with Gasteiger partial charge in [-0.2, -0.15) is 0 Å². The van der Waals surface area contributed by atoms with Crippen LogP contribution >= 0.6 is 0 Å². The second-order valence-electron chi connectivity index (χ2n) is 7.50. The van der Waals surface area contributed by atoms with E-state index in [-0.39, 0.29) is 26.0 Å². The number of amides is 2. The van der Waals surface area contributed by atoms with Crippen molar-refractivity contribution in [3.05, 3.63) is 72.1 Å². The number of aromatic nitrogens is 2. The molecule has 0 spiro atoms. The molecule has 0 bridgehead atoms. The quantitative estimate of drug-likeness (QED) is 0.382. The lowest BCUT2D eigenvalue weighted by atomic mass is 10.1. The number of ether oxygens (including phenoxy) is 2. The minimum atomic E-state index is -1.18. The molecule has 0 unspecified atom stereocenters. The number of fused-ring (bicyclic) bond motifs is 1. The number of aliphatic hydroxyl groups excluding tert-OH is 1. The van der Waals surface area contributed by atoms with Gasteiger partial charge in [-0.15, -0.1) is 0 Å². The predicted molar refractivity (Wildman–Crippen MR) is 122 cm³/mol. The van der Waals surface area contributed by atoms with E-state index in [4.69, 9.17) is 9.47 Å². The number of alkyl carbamates (subject to hydrolysis) is 1. The van der Waals surface area contributed by atoms with Gasteiger partial charge in [0.25, 0.3) is 0 Å². The maximum Gasteiger partial charge on any atom is 0.407 e. The Labute approximate surface area is 196 Å². The summed E-state index contributed by atoms with van der Waals surface area (Å²) in [5.74, 6) is -1.24. The lowest BCUT2D eigenvalue weighted by molar-refractivity contribution is -0.145. The number of aliphatic hydroxyl groups is 1. The number of esters is 1. The van der Waals surface area contributed by atoms with Gasteiger partial charge in [0.15, 0.2) is 0 Å². The molecule has 34 heavy (non-hydrogen) atoms. The number of rotatable bonds is 10. The molecule has 2 aromatic carbocycles. The molecule has 10 heteroatoms. The number of carbonyl (C=O) groups is 3. The number of carbonyl (C=O) groups excluding carboxylic acids is 3. The van der Waals surface area contributed by atoms with Crippen molar-refractivity contribution >= 4 is 29.0 Å². The zero-order valence-electron chi connectivity index (χ0n) is 18.6. The Morgan fingerprint density at radius 1 is 1.03 bits per heavy atom. The van der Waals surface area contributed by atoms with Crippen molar-refractivity contribution in [3.63, 3.8) is 0 Å². The van der Waals surface area contributed by atoms with Crippen LogP contribution in [0.3, 0.4) is 0 Å². The summed E-state index contributed by atoms with van der Waals surface area (Å²) < 4.78 is 9.84. The molecular formula is C24H26N4O6. The molecule has 0 fully saturated rings. The summed E-state index contributed by atoms with van der Waals surface area (Å²) in [5, 5.41) is 15.0. The average molecular weight is 466 g/mol. The van der Waals surface area contributed by atoms with Gasteiger partial charge in [-0.25, -0.2) is 14.6 Å². The lowest BCUT2D eigenvalue weighted by Crippen LogP contribution is -2.45. The SMILES string of the molecule is COC(=O)[C@H](Cc1cnc2ccccc2n1)NC(=O)C[C@H](O)CNC(=O)OCc1ccccc1. The van der Waals surface area contributed by atoms with E-state index in [2.05, 4.69) is 20.6 Å². The molecule has 1 aromatic heterocycles. The molecule has 178 valence electrons. The average Bonchev–Trinajstić information content (AvgIpc) is 2.85. The third kappa shape index (κ3) is 7.52. The molecule has 2 atom stereocenters. The molecule has 3 N–H and O–H groups in total. The molecule has 0 aliphatic carbocycles. The van der Waals surface area contributed by atoms with E-state index in [0.717, 1.165) is 5.56 Å². The Kier molecular flexibility index (Phi) is 8.87. The van der Waals surface area contributed by atoms with Crippen LogP contribution in [0.4, 0.5) is 4.79 Å². The van der Waals surface area contributed by atoms with Crippen LogP contribution in [0.15, 0.2) is 60.8 Å². The fraction of sp³-hybridized carbons (Fsp3) is 0.292. The predicted octanol–water partition coefficient (Wildman–Crippen LogP) is 1.51. The molecule has 10 nitrogen and oxygen atoms in total. The van der Waals surface area contributed by atoms with E-state index in [0.29, 0.717) is 16.7 Å². The van der Waals surface area contributed by atoms with E-state index in [9.17, 15) is 19.5 Å². The summed E-state index contributed by atoms with van der Waals surface area (Å²) in [7, 11) is 1.22. The van der Waals surface area contributed by atoms with Gasteiger partial charge < -0.3 is 25.2 Å². The van der Waals surface area contributed by atoms with Crippen molar-refractivity contribution in [1.29, 1.82) is 0 Å². The first-order chi connectivity index (χ1) is 16.4. The molecule has 1 heterocycles. The van der Waals surface area contributed by atoms with Crippen molar-refractivity contribution < 1.29 is 29.0 Å². The van der Waals surface area contributed by atoms with Crippen molar-refractivity contribution in [1.82, 2.24) is 20.6 Å². The first kappa shape index (κ1) is 24.6. The number of hydrogen-bond donors (Lipinski definition) is 3. The van der Waals surface area contributed by atoms with Gasteiger partial charge in [0.05, 0.1) is 36.4 Å². The molecule has 3 rings (SSSR count). The molecule has 0 aliphatic rings. The van der Waals surface area contributed by atoms with Crippen LogP contribution < -0.4 is 10.6 Å². The van der Waals surface area contributed by atoms with Crippen molar-refractivity contribution in [3.8, 4) is 0 Å². The third-order valence-corrected chi connectivity index (χ3v) is 4.85. The summed E-state index contributed by atoms with van der Waals surface area (Å²) in [4.78, 5) is 45.1. The summed E-state index contributed by atoms with van der Waals surface area (Å²) in [6.07, 6.45) is -0.634. The molecule has 2 amide bonds.